The monoisotopic (exact) mass is 325 g/mol. The highest BCUT2D eigenvalue weighted by Gasteiger charge is 2.27. The van der Waals surface area contributed by atoms with Gasteiger partial charge in [0.25, 0.3) is 0 Å². The number of amides is 1. The van der Waals surface area contributed by atoms with E-state index in [0.29, 0.717) is 13.0 Å². The van der Waals surface area contributed by atoms with Gasteiger partial charge >= 0.3 is 0 Å². The van der Waals surface area contributed by atoms with Crippen LogP contribution >= 0.6 is 0 Å². The van der Waals surface area contributed by atoms with Crippen LogP contribution in [0.5, 0.6) is 11.5 Å². The second-order valence-electron chi connectivity index (χ2n) is 5.99. The third-order valence-electron chi connectivity index (χ3n) is 4.54. The number of methoxy groups -OCH3 is 1. The lowest BCUT2D eigenvalue weighted by atomic mass is 9.93. The first-order valence-electron chi connectivity index (χ1n) is 8.33. The van der Waals surface area contributed by atoms with Gasteiger partial charge < -0.3 is 14.4 Å². The van der Waals surface area contributed by atoms with Gasteiger partial charge in [0.2, 0.25) is 5.91 Å². The molecule has 24 heavy (non-hydrogen) atoms. The molecule has 2 aromatic carbocycles. The Bertz CT molecular complexity index is 699. The molecule has 2 aromatic rings. The maximum absolute atomic E-state index is 12.6. The number of fused-ring (bicyclic) bond motifs is 1. The molecule has 1 atom stereocenters. The van der Waals surface area contributed by atoms with Crippen molar-refractivity contribution in [2.75, 3.05) is 20.3 Å². The number of nitrogens with zero attached hydrogens (tertiary/aromatic N) is 1. The molecule has 4 nitrogen and oxygen atoms in total. The quantitative estimate of drug-likeness (QED) is 0.843. The van der Waals surface area contributed by atoms with Crippen molar-refractivity contribution < 1.29 is 14.3 Å². The summed E-state index contributed by atoms with van der Waals surface area (Å²) in [5.41, 5.74) is 2.48. The molecule has 0 aliphatic carbocycles. The minimum Gasteiger partial charge on any atom is -0.497 e. The van der Waals surface area contributed by atoms with Gasteiger partial charge in [-0.05, 0) is 48.7 Å². The van der Waals surface area contributed by atoms with Crippen molar-refractivity contribution >= 4 is 5.91 Å². The largest absolute Gasteiger partial charge is 0.497 e. The highest BCUT2D eigenvalue weighted by atomic mass is 16.5. The Labute approximate surface area is 143 Å². The molecule has 0 radical (unpaired) electrons. The summed E-state index contributed by atoms with van der Waals surface area (Å²) in [6.07, 6.45) is 1.26. The molecule has 0 N–H and O–H groups in total. The predicted molar refractivity (Wildman–Crippen MR) is 93.4 cm³/mol. The standard InChI is InChI=1S/C20H23NO3/c1-15-19-9-8-18(23-2)14-16(19)10-12-21(15)20(22)11-13-24-17-6-4-3-5-7-17/h3-9,14-15H,10-13H2,1-2H3. The summed E-state index contributed by atoms with van der Waals surface area (Å²) < 4.78 is 10.9. The van der Waals surface area contributed by atoms with Gasteiger partial charge in [0.1, 0.15) is 11.5 Å². The van der Waals surface area contributed by atoms with Crippen molar-refractivity contribution in [2.24, 2.45) is 0 Å². The maximum Gasteiger partial charge on any atom is 0.226 e. The van der Waals surface area contributed by atoms with Crippen LogP contribution in [0.25, 0.3) is 0 Å². The summed E-state index contributed by atoms with van der Waals surface area (Å²) in [6, 6.07) is 15.8. The van der Waals surface area contributed by atoms with Crippen molar-refractivity contribution in [2.45, 2.75) is 25.8 Å². The minimum atomic E-state index is 0.0869. The Balaban J connectivity index is 1.59. The Morgan fingerprint density at radius 3 is 2.71 bits per heavy atom. The summed E-state index contributed by atoms with van der Waals surface area (Å²) in [4.78, 5) is 14.5. The first-order chi connectivity index (χ1) is 11.7. The summed E-state index contributed by atoms with van der Waals surface area (Å²) in [7, 11) is 1.68. The highest BCUT2D eigenvalue weighted by molar-refractivity contribution is 5.77. The van der Waals surface area contributed by atoms with Gasteiger partial charge in [-0.3, -0.25) is 4.79 Å². The van der Waals surface area contributed by atoms with Crippen molar-refractivity contribution in [3.05, 3.63) is 59.7 Å². The van der Waals surface area contributed by atoms with E-state index in [2.05, 4.69) is 19.1 Å². The molecule has 0 saturated heterocycles. The van der Waals surface area contributed by atoms with Gasteiger partial charge in [0.15, 0.2) is 0 Å². The summed E-state index contributed by atoms with van der Waals surface area (Å²) in [5.74, 6) is 1.81. The normalized spacial score (nSPS) is 16.4. The SMILES string of the molecule is COc1ccc2c(c1)CCN(C(=O)CCOc1ccccc1)C2C. The number of rotatable bonds is 5. The lowest BCUT2D eigenvalue weighted by molar-refractivity contribution is -0.134. The van der Waals surface area contributed by atoms with Crippen molar-refractivity contribution in [1.82, 2.24) is 4.90 Å². The van der Waals surface area contributed by atoms with Crippen LogP contribution in [0.3, 0.4) is 0 Å². The van der Waals surface area contributed by atoms with E-state index < -0.39 is 0 Å². The molecule has 0 fully saturated rings. The average Bonchev–Trinajstić information content (AvgIpc) is 2.62. The minimum absolute atomic E-state index is 0.0869. The van der Waals surface area contributed by atoms with Crippen LogP contribution in [0.15, 0.2) is 48.5 Å². The van der Waals surface area contributed by atoms with Crippen LogP contribution in [0.4, 0.5) is 0 Å². The molecule has 0 bridgehead atoms. The fourth-order valence-electron chi connectivity index (χ4n) is 3.19. The predicted octanol–water partition coefficient (Wildman–Crippen LogP) is 3.61. The van der Waals surface area contributed by atoms with Crippen LogP contribution in [0.1, 0.15) is 30.5 Å². The smallest absolute Gasteiger partial charge is 0.226 e. The maximum atomic E-state index is 12.6. The second-order valence-corrected chi connectivity index (χ2v) is 5.99. The molecule has 126 valence electrons. The molecule has 3 rings (SSSR count). The van der Waals surface area contributed by atoms with E-state index in [9.17, 15) is 4.79 Å². The number of para-hydroxylation sites is 1. The van der Waals surface area contributed by atoms with E-state index >= 15 is 0 Å². The van der Waals surface area contributed by atoms with Crippen LogP contribution < -0.4 is 9.47 Å². The van der Waals surface area contributed by atoms with Crippen LogP contribution in [-0.4, -0.2) is 31.1 Å². The number of carbonyl (C=O) groups excluding carboxylic acids is 1. The molecule has 1 unspecified atom stereocenters. The Morgan fingerprint density at radius 2 is 1.96 bits per heavy atom. The van der Waals surface area contributed by atoms with E-state index in [1.807, 2.05) is 41.3 Å². The number of hydrogen-bond acceptors (Lipinski definition) is 3. The van der Waals surface area contributed by atoms with Gasteiger partial charge in [0, 0.05) is 6.54 Å². The number of carbonyl (C=O) groups is 1. The zero-order chi connectivity index (χ0) is 16.9. The van der Waals surface area contributed by atoms with Crippen LogP contribution in [0.2, 0.25) is 0 Å². The first-order valence-corrected chi connectivity index (χ1v) is 8.33. The van der Waals surface area contributed by atoms with E-state index in [1.54, 1.807) is 7.11 Å². The Morgan fingerprint density at radius 1 is 1.17 bits per heavy atom. The second kappa shape index (κ2) is 7.39. The van der Waals surface area contributed by atoms with Crippen molar-refractivity contribution in [3.63, 3.8) is 0 Å². The summed E-state index contributed by atoms with van der Waals surface area (Å²) in [5, 5.41) is 0. The zero-order valence-corrected chi connectivity index (χ0v) is 14.2. The molecule has 1 amide bonds. The van der Waals surface area contributed by atoms with E-state index in [4.69, 9.17) is 9.47 Å². The van der Waals surface area contributed by atoms with Crippen LogP contribution in [-0.2, 0) is 11.2 Å². The van der Waals surface area contributed by atoms with Gasteiger partial charge in [-0.1, -0.05) is 24.3 Å². The van der Waals surface area contributed by atoms with Gasteiger partial charge in [0.05, 0.1) is 26.2 Å². The van der Waals surface area contributed by atoms with Gasteiger partial charge in [-0.25, -0.2) is 0 Å². The fraction of sp³-hybridized carbons (Fsp3) is 0.350. The topological polar surface area (TPSA) is 38.8 Å². The number of ether oxygens (including phenoxy) is 2. The molecule has 0 saturated carbocycles. The third kappa shape index (κ3) is 3.53. The van der Waals surface area contributed by atoms with Gasteiger partial charge in [-0.2, -0.15) is 0 Å². The summed E-state index contributed by atoms with van der Waals surface area (Å²) >= 11 is 0. The van der Waals surface area contributed by atoms with E-state index in [0.717, 1.165) is 24.5 Å². The van der Waals surface area contributed by atoms with Gasteiger partial charge in [-0.15, -0.1) is 0 Å². The zero-order valence-electron chi connectivity index (χ0n) is 14.2. The molecular formula is C20H23NO3. The first kappa shape index (κ1) is 16.4. The lowest BCUT2D eigenvalue weighted by Crippen LogP contribution is -2.39. The number of benzene rings is 2. The van der Waals surface area contributed by atoms with E-state index in [1.165, 1.54) is 11.1 Å². The fourth-order valence-corrected chi connectivity index (χ4v) is 3.19. The molecule has 4 heteroatoms. The molecule has 1 aliphatic rings. The third-order valence-corrected chi connectivity index (χ3v) is 4.54. The molecule has 0 spiro atoms. The summed E-state index contributed by atoms with van der Waals surface area (Å²) in [6.45, 7) is 3.23. The lowest BCUT2D eigenvalue weighted by Gasteiger charge is -2.35. The average molecular weight is 325 g/mol. The Hall–Kier alpha value is -2.49. The Kier molecular flexibility index (Phi) is 5.04. The van der Waals surface area contributed by atoms with Crippen molar-refractivity contribution in [1.29, 1.82) is 0 Å². The van der Waals surface area contributed by atoms with Crippen LogP contribution in [0, 0.1) is 0 Å². The highest BCUT2D eigenvalue weighted by Crippen LogP contribution is 2.32. The van der Waals surface area contributed by atoms with Crippen molar-refractivity contribution in [3.8, 4) is 11.5 Å². The molecule has 0 aromatic heterocycles. The molecule has 1 heterocycles. The number of hydrogen-bond donors (Lipinski definition) is 0. The molecule has 1 aliphatic heterocycles. The van der Waals surface area contributed by atoms with E-state index in [-0.39, 0.29) is 11.9 Å². The molecular weight excluding hydrogens is 302 g/mol.